The summed E-state index contributed by atoms with van der Waals surface area (Å²) in [5, 5.41) is 0. The topological polar surface area (TPSA) is 19.0 Å². The van der Waals surface area contributed by atoms with Crippen LogP contribution in [0, 0.1) is 11.3 Å². The van der Waals surface area contributed by atoms with E-state index in [0.717, 1.165) is 12.5 Å². The van der Waals surface area contributed by atoms with Crippen LogP contribution in [0.15, 0.2) is 0 Å². The summed E-state index contributed by atoms with van der Waals surface area (Å²) in [5.41, 5.74) is 1.69. The van der Waals surface area contributed by atoms with Crippen molar-refractivity contribution in [1.29, 1.82) is 0 Å². The fraction of sp³-hybridized carbons (Fsp3) is 1.00. The number of ether oxygens (including phenoxy) is 1. The van der Waals surface area contributed by atoms with Crippen LogP contribution >= 0.6 is 0 Å². The fourth-order valence-electron chi connectivity index (χ4n) is 10.4. The van der Waals surface area contributed by atoms with Gasteiger partial charge in [0.25, 0.3) is 0 Å². The quantitative estimate of drug-likeness (QED) is 0.512. The Labute approximate surface area is 210 Å². The van der Waals surface area contributed by atoms with Crippen LogP contribution in [0.1, 0.15) is 112 Å². The molecule has 0 amide bonds. The molecule has 3 spiro atoms. The molecule has 0 aromatic heterocycles. The second-order valence-corrected chi connectivity index (χ2v) is 14.7. The second kappa shape index (κ2) is 8.17. The molecule has 4 heterocycles. The normalized spacial score (nSPS) is 43.2. The van der Waals surface area contributed by atoms with E-state index in [1.807, 2.05) is 0 Å². The largest absolute Gasteiger partial charge is 0.375 e. The molecule has 6 rings (SSSR count). The summed E-state index contributed by atoms with van der Waals surface area (Å²) in [4.78, 5) is 8.70. The molecule has 2 saturated carbocycles. The lowest BCUT2D eigenvalue weighted by molar-refractivity contribution is -0.0179. The highest BCUT2D eigenvalue weighted by molar-refractivity contribution is 5.19. The first-order valence-corrected chi connectivity index (χ1v) is 15.0. The molecule has 4 aliphatic heterocycles. The van der Waals surface area contributed by atoms with Gasteiger partial charge in [0.05, 0.1) is 12.7 Å². The van der Waals surface area contributed by atoms with Crippen LogP contribution in [0.5, 0.6) is 0 Å². The van der Waals surface area contributed by atoms with Crippen LogP contribution in [-0.2, 0) is 4.74 Å². The molecule has 4 nitrogen and oxygen atoms in total. The van der Waals surface area contributed by atoms with E-state index in [1.54, 1.807) is 0 Å². The van der Waals surface area contributed by atoms with Crippen molar-refractivity contribution in [3.8, 4) is 0 Å². The highest BCUT2D eigenvalue weighted by atomic mass is 16.5. The van der Waals surface area contributed by atoms with Crippen LogP contribution in [-0.4, -0.2) is 81.8 Å². The molecule has 2 aliphatic carbocycles. The molecule has 194 valence electrons. The van der Waals surface area contributed by atoms with E-state index in [9.17, 15) is 0 Å². The van der Waals surface area contributed by atoms with Crippen molar-refractivity contribution in [1.82, 2.24) is 14.7 Å². The van der Waals surface area contributed by atoms with Gasteiger partial charge in [0, 0.05) is 41.3 Å². The zero-order valence-corrected chi connectivity index (χ0v) is 23.2. The van der Waals surface area contributed by atoms with E-state index in [0.29, 0.717) is 46.3 Å². The van der Waals surface area contributed by atoms with Crippen molar-refractivity contribution in [2.24, 2.45) is 11.3 Å². The summed E-state index contributed by atoms with van der Waals surface area (Å²) in [6.07, 6.45) is 15.8. The van der Waals surface area contributed by atoms with Gasteiger partial charge in [0.15, 0.2) is 0 Å². The van der Waals surface area contributed by atoms with Crippen molar-refractivity contribution in [3.05, 3.63) is 0 Å². The standard InChI is InChI=1S/C30H53N3O/c1-22(2)31-17-15-28(20-31)19-26(28)27(5,6)32-16-9-13-30(32)18-25(34-21-30)24-10-14-29(11-7-8-12-29)33(24)23(3)4/h22-26H,7-21H2,1-6H3. The summed E-state index contributed by atoms with van der Waals surface area (Å²) in [7, 11) is 0. The Morgan fingerprint density at radius 1 is 0.824 bits per heavy atom. The first kappa shape index (κ1) is 24.2. The SMILES string of the molecule is CC(C)N1CCC2(CC2C(C)(C)N2CCCC23COC(C2CCC4(CCCC4)N2C(C)C)C3)C1. The van der Waals surface area contributed by atoms with Gasteiger partial charge < -0.3 is 9.64 Å². The van der Waals surface area contributed by atoms with Crippen molar-refractivity contribution in [2.45, 2.75) is 153 Å². The maximum Gasteiger partial charge on any atom is 0.0750 e. The van der Waals surface area contributed by atoms with Gasteiger partial charge in [-0.1, -0.05) is 12.8 Å². The third kappa shape index (κ3) is 3.51. The molecule has 0 aromatic rings. The van der Waals surface area contributed by atoms with E-state index in [4.69, 9.17) is 4.74 Å². The number of hydrogen-bond acceptors (Lipinski definition) is 4. The van der Waals surface area contributed by atoms with Crippen LogP contribution in [0.3, 0.4) is 0 Å². The number of likely N-dealkylation sites (tertiary alicyclic amines) is 3. The van der Waals surface area contributed by atoms with Gasteiger partial charge in [-0.3, -0.25) is 9.80 Å². The smallest absolute Gasteiger partial charge is 0.0750 e. The molecule has 4 heteroatoms. The molecule has 0 bridgehead atoms. The summed E-state index contributed by atoms with van der Waals surface area (Å²) in [6.45, 7) is 19.8. The van der Waals surface area contributed by atoms with Crippen LogP contribution in [0.2, 0.25) is 0 Å². The van der Waals surface area contributed by atoms with Crippen LogP contribution in [0.4, 0.5) is 0 Å². The maximum absolute atomic E-state index is 6.86. The summed E-state index contributed by atoms with van der Waals surface area (Å²) in [6, 6.07) is 1.98. The third-order valence-corrected chi connectivity index (χ3v) is 12.0. The van der Waals surface area contributed by atoms with Crippen molar-refractivity contribution in [2.75, 3.05) is 26.2 Å². The average molecular weight is 472 g/mol. The summed E-state index contributed by atoms with van der Waals surface area (Å²) < 4.78 is 6.86. The summed E-state index contributed by atoms with van der Waals surface area (Å²) in [5.74, 6) is 0.859. The minimum absolute atomic E-state index is 0.293. The molecule has 0 N–H and O–H groups in total. The molecule has 5 unspecified atom stereocenters. The van der Waals surface area contributed by atoms with Gasteiger partial charge >= 0.3 is 0 Å². The van der Waals surface area contributed by atoms with Crippen molar-refractivity contribution < 1.29 is 4.74 Å². The van der Waals surface area contributed by atoms with Gasteiger partial charge in [0.1, 0.15) is 0 Å². The van der Waals surface area contributed by atoms with E-state index < -0.39 is 0 Å². The minimum atomic E-state index is 0.293. The zero-order valence-electron chi connectivity index (χ0n) is 23.2. The molecule has 6 fully saturated rings. The number of rotatable bonds is 5. The van der Waals surface area contributed by atoms with E-state index in [1.165, 1.54) is 90.3 Å². The number of nitrogens with zero attached hydrogens (tertiary/aromatic N) is 3. The van der Waals surface area contributed by atoms with Gasteiger partial charge in [-0.15, -0.1) is 0 Å². The predicted octanol–water partition coefficient (Wildman–Crippen LogP) is 5.69. The lowest BCUT2D eigenvalue weighted by Gasteiger charge is -2.47. The fourth-order valence-corrected chi connectivity index (χ4v) is 10.4. The predicted molar refractivity (Wildman–Crippen MR) is 140 cm³/mol. The summed E-state index contributed by atoms with van der Waals surface area (Å²) >= 11 is 0. The Hall–Kier alpha value is -0.160. The van der Waals surface area contributed by atoms with Gasteiger partial charge in [-0.05, 0) is 124 Å². The second-order valence-electron chi connectivity index (χ2n) is 14.7. The lowest BCUT2D eigenvalue weighted by Crippen LogP contribution is -2.58. The first-order chi connectivity index (χ1) is 16.1. The molecule has 6 aliphatic rings. The molecular weight excluding hydrogens is 418 g/mol. The Morgan fingerprint density at radius 3 is 2.24 bits per heavy atom. The Kier molecular flexibility index (Phi) is 5.81. The molecular formula is C30H53N3O. The minimum Gasteiger partial charge on any atom is -0.375 e. The Balaban J connectivity index is 1.18. The van der Waals surface area contributed by atoms with Gasteiger partial charge in [-0.2, -0.15) is 0 Å². The highest BCUT2D eigenvalue weighted by Gasteiger charge is 2.67. The van der Waals surface area contributed by atoms with Gasteiger partial charge in [-0.25, -0.2) is 0 Å². The van der Waals surface area contributed by atoms with Crippen molar-refractivity contribution >= 4 is 0 Å². The van der Waals surface area contributed by atoms with E-state index in [2.05, 4.69) is 56.2 Å². The number of hydrogen-bond donors (Lipinski definition) is 0. The molecule has 0 radical (unpaired) electrons. The zero-order chi connectivity index (χ0) is 23.9. The van der Waals surface area contributed by atoms with Crippen LogP contribution < -0.4 is 0 Å². The Bertz CT molecular complexity index is 773. The van der Waals surface area contributed by atoms with E-state index in [-0.39, 0.29) is 0 Å². The molecule has 34 heavy (non-hydrogen) atoms. The molecule has 0 aromatic carbocycles. The third-order valence-electron chi connectivity index (χ3n) is 12.0. The monoisotopic (exact) mass is 471 g/mol. The van der Waals surface area contributed by atoms with E-state index >= 15 is 0 Å². The highest BCUT2D eigenvalue weighted by Crippen LogP contribution is 2.65. The molecule has 5 atom stereocenters. The van der Waals surface area contributed by atoms with Gasteiger partial charge in [0.2, 0.25) is 0 Å². The van der Waals surface area contributed by atoms with Crippen LogP contribution in [0.25, 0.3) is 0 Å². The van der Waals surface area contributed by atoms with Crippen molar-refractivity contribution in [3.63, 3.8) is 0 Å². The first-order valence-electron chi connectivity index (χ1n) is 15.0. The Morgan fingerprint density at radius 2 is 1.56 bits per heavy atom. The average Bonchev–Trinajstić information content (AvgIpc) is 3.39. The molecule has 4 saturated heterocycles. The lowest BCUT2D eigenvalue weighted by atomic mass is 9.82. The maximum atomic E-state index is 6.86.